The van der Waals surface area contributed by atoms with Gasteiger partial charge in [0.2, 0.25) is 0 Å². The number of rotatable bonds is 12. The van der Waals surface area contributed by atoms with Crippen LogP contribution in [-0.4, -0.2) is 56.0 Å². The number of anilines is 2. The van der Waals surface area contributed by atoms with Gasteiger partial charge in [0.05, 0.1) is 31.0 Å². The van der Waals surface area contributed by atoms with Gasteiger partial charge in [0.25, 0.3) is 5.56 Å². The standard InChI is InChI=1S/C34H37F3N4O5/c1-22-5-6-25(23(2)19-22)21-41-30(20-29(34(35,36)37)31(38)32(41)42)24-7-11-27(12-8-24)46-28-13-9-26(10-14-28)39-33(43)45-18-17-44-16-15-40(3)4/h5-14,19-20H,15-18,21,38H2,1-4H3,(H,39,43). The Morgan fingerprint density at radius 3 is 2.17 bits per heavy atom. The summed E-state index contributed by atoms with van der Waals surface area (Å²) in [6.07, 6.45) is -5.43. The van der Waals surface area contributed by atoms with Crippen LogP contribution in [0, 0.1) is 13.8 Å². The molecule has 4 rings (SSSR count). The third-order valence-electron chi connectivity index (χ3n) is 7.10. The molecule has 12 heteroatoms. The lowest BCUT2D eigenvalue weighted by Crippen LogP contribution is -2.29. The average molecular weight is 639 g/mol. The molecule has 0 aliphatic carbocycles. The van der Waals surface area contributed by atoms with Crippen molar-refractivity contribution >= 4 is 17.5 Å². The van der Waals surface area contributed by atoms with E-state index in [9.17, 15) is 22.8 Å². The third-order valence-corrected chi connectivity index (χ3v) is 7.10. The number of aromatic nitrogens is 1. The number of benzene rings is 3. The lowest BCUT2D eigenvalue weighted by molar-refractivity contribution is -0.137. The average Bonchev–Trinajstić information content (AvgIpc) is 2.99. The molecule has 4 aromatic rings. The summed E-state index contributed by atoms with van der Waals surface area (Å²) in [5.74, 6) is 0.868. The summed E-state index contributed by atoms with van der Waals surface area (Å²) in [5, 5.41) is 2.62. The van der Waals surface area contributed by atoms with Crippen molar-refractivity contribution in [1.29, 1.82) is 0 Å². The molecule has 0 saturated carbocycles. The van der Waals surface area contributed by atoms with Gasteiger partial charge in [-0.05, 0) is 99.2 Å². The maximum Gasteiger partial charge on any atom is 0.418 e. The molecule has 0 saturated heterocycles. The molecule has 0 unspecified atom stereocenters. The Morgan fingerprint density at radius 2 is 1.57 bits per heavy atom. The van der Waals surface area contributed by atoms with E-state index in [1.54, 1.807) is 48.5 Å². The second kappa shape index (κ2) is 15.0. The Balaban J connectivity index is 1.46. The van der Waals surface area contributed by atoms with Gasteiger partial charge in [0.15, 0.2) is 0 Å². The highest BCUT2D eigenvalue weighted by molar-refractivity contribution is 5.84. The largest absolute Gasteiger partial charge is 0.457 e. The Labute approximate surface area is 265 Å². The zero-order valence-electron chi connectivity index (χ0n) is 26.1. The van der Waals surface area contributed by atoms with Crippen molar-refractivity contribution in [3.63, 3.8) is 0 Å². The number of ether oxygens (including phenoxy) is 3. The molecular formula is C34H37F3N4O5. The fourth-order valence-electron chi connectivity index (χ4n) is 4.62. The molecule has 3 aromatic carbocycles. The number of nitrogens with zero attached hydrogens (tertiary/aromatic N) is 2. The topological polar surface area (TPSA) is 108 Å². The maximum atomic E-state index is 13.8. The van der Waals surface area contributed by atoms with Crippen molar-refractivity contribution in [3.05, 3.63) is 105 Å². The first-order valence-corrected chi connectivity index (χ1v) is 14.5. The Bertz CT molecular complexity index is 1700. The summed E-state index contributed by atoms with van der Waals surface area (Å²) in [6, 6.07) is 19.5. The molecule has 244 valence electrons. The molecule has 0 atom stereocenters. The number of nitrogen functional groups attached to an aromatic ring is 1. The van der Waals surface area contributed by atoms with Crippen molar-refractivity contribution in [2.75, 3.05) is 51.5 Å². The van der Waals surface area contributed by atoms with Crippen molar-refractivity contribution in [2.45, 2.75) is 26.6 Å². The molecule has 0 spiro atoms. The van der Waals surface area contributed by atoms with Crippen molar-refractivity contribution in [3.8, 4) is 22.8 Å². The Kier molecular flexibility index (Phi) is 11.1. The number of hydrogen-bond donors (Lipinski definition) is 2. The summed E-state index contributed by atoms with van der Waals surface area (Å²) in [5.41, 5.74) is 6.41. The highest BCUT2D eigenvalue weighted by Gasteiger charge is 2.35. The molecule has 3 N–H and O–H groups in total. The lowest BCUT2D eigenvalue weighted by atomic mass is 10.0. The van der Waals surface area contributed by atoms with E-state index in [2.05, 4.69) is 5.32 Å². The number of hydrogen-bond acceptors (Lipinski definition) is 7. The quantitative estimate of drug-likeness (QED) is 0.166. The summed E-state index contributed by atoms with van der Waals surface area (Å²) < 4.78 is 59.1. The van der Waals surface area contributed by atoms with Crippen LogP contribution in [0.5, 0.6) is 11.5 Å². The first kappa shape index (κ1) is 34.1. The van der Waals surface area contributed by atoms with Crippen LogP contribution in [-0.2, 0) is 22.2 Å². The van der Waals surface area contributed by atoms with E-state index in [1.165, 1.54) is 4.57 Å². The molecule has 0 fully saturated rings. The minimum Gasteiger partial charge on any atom is -0.457 e. The van der Waals surface area contributed by atoms with E-state index in [-0.39, 0.29) is 18.8 Å². The zero-order chi connectivity index (χ0) is 33.4. The van der Waals surface area contributed by atoms with E-state index in [0.29, 0.717) is 36.0 Å². The van der Waals surface area contributed by atoms with Gasteiger partial charge in [0, 0.05) is 12.2 Å². The van der Waals surface area contributed by atoms with E-state index in [4.69, 9.17) is 19.9 Å². The van der Waals surface area contributed by atoms with Crippen LogP contribution in [0.1, 0.15) is 22.3 Å². The predicted octanol–water partition coefficient (Wildman–Crippen LogP) is 6.70. The van der Waals surface area contributed by atoms with E-state index in [0.717, 1.165) is 29.3 Å². The summed E-state index contributed by atoms with van der Waals surface area (Å²) in [7, 11) is 3.88. The Morgan fingerprint density at radius 1 is 0.913 bits per heavy atom. The number of nitrogens with one attached hydrogen (secondary N) is 1. The van der Waals surface area contributed by atoms with E-state index < -0.39 is 29.1 Å². The number of pyridine rings is 1. The monoisotopic (exact) mass is 638 g/mol. The number of nitrogens with two attached hydrogens (primary N) is 1. The first-order valence-electron chi connectivity index (χ1n) is 14.5. The van der Waals surface area contributed by atoms with Gasteiger partial charge in [-0.3, -0.25) is 10.1 Å². The predicted molar refractivity (Wildman–Crippen MR) is 171 cm³/mol. The number of carbonyl (C=O) groups excluding carboxylic acids is 1. The number of likely N-dealkylation sites (N-methyl/N-ethyl adjacent to an activating group) is 1. The van der Waals surface area contributed by atoms with Crippen molar-refractivity contribution in [1.82, 2.24) is 9.47 Å². The van der Waals surface area contributed by atoms with Crippen LogP contribution < -0.4 is 21.3 Å². The maximum absolute atomic E-state index is 13.8. The third kappa shape index (κ3) is 9.11. The van der Waals surface area contributed by atoms with E-state index in [1.807, 2.05) is 51.0 Å². The van der Waals surface area contributed by atoms with Crippen LogP contribution in [0.15, 0.2) is 77.6 Å². The van der Waals surface area contributed by atoms with Crippen LogP contribution >= 0.6 is 0 Å². The summed E-state index contributed by atoms with van der Waals surface area (Å²) in [6.45, 7) is 5.57. The van der Waals surface area contributed by atoms with Crippen LogP contribution in [0.3, 0.4) is 0 Å². The van der Waals surface area contributed by atoms with Gasteiger partial charge in [0.1, 0.15) is 23.8 Å². The number of aryl methyl sites for hydroxylation is 2. The van der Waals surface area contributed by atoms with Gasteiger partial charge < -0.3 is 29.4 Å². The number of halogens is 3. The Hall–Kier alpha value is -4.81. The molecule has 0 bridgehead atoms. The van der Waals surface area contributed by atoms with E-state index >= 15 is 0 Å². The number of alkyl halides is 3. The van der Waals surface area contributed by atoms with Crippen molar-refractivity contribution < 1.29 is 32.2 Å². The van der Waals surface area contributed by atoms with Gasteiger partial charge in [-0.15, -0.1) is 0 Å². The summed E-state index contributed by atoms with van der Waals surface area (Å²) in [4.78, 5) is 27.2. The molecule has 1 aromatic heterocycles. The lowest BCUT2D eigenvalue weighted by Gasteiger charge is -2.19. The first-order chi connectivity index (χ1) is 21.8. The molecule has 0 aliphatic heterocycles. The number of amides is 1. The van der Waals surface area contributed by atoms with Gasteiger partial charge in [-0.2, -0.15) is 13.2 Å². The summed E-state index contributed by atoms with van der Waals surface area (Å²) >= 11 is 0. The van der Waals surface area contributed by atoms with Crippen LogP contribution in [0.4, 0.5) is 29.3 Å². The fraction of sp³-hybridized carbons (Fsp3) is 0.294. The molecule has 0 aliphatic rings. The smallest absolute Gasteiger partial charge is 0.418 e. The molecule has 46 heavy (non-hydrogen) atoms. The van der Waals surface area contributed by atoms with Gasteiger partial charge in [-0.25, -0.2) is 4.79 Å². The second-order valence-electron chi connectivity index (χ2n) is 11.0. The van der Waals surface area contributed by atoms with Gasteiger partial charge >= 0.3 is 12.3 Å². The minimum atomic E-state index is -4.81. The highest BCUT2D eigenvalue weighted by Crippen LogP contribution is 2.35. The fourth-order valence-corrected chi connectivity index (χ4v) is 4.62. The van der Waals surface area contributed by atoms with Crippen molar-refractivity contribution in [2.24, 2.45) is 0 Å². The van der Waals surface area contributed by atoms with Gasteiger partial charge in [-0.1, -0.05) is 23.8 Å². The highest BCUT2D eigenvalue weighted by atomic mass is 19.4. The van der Waals surface area contributed by atoms with Crippen LogP contribution in [0.25, 0.3) is 11.3 Å². The number of carbonyl (C=O) groups is 1. The molecule has 9 nitrogen and oxygen atoms in total. The minimum absolute atomic E-state index is 0.0410. The zero-order valence-corrected chi connectivity index (χ0v) is 26.1. The van der Waals surface area contributed by atoms with Crippen LogP contribution in [0.2, 0.25) is 0 Å². The molecule has 0 radical (unpaired) electrons. The SMILES string of the molecule is Cc1ccc(Cn2c(-c3ccc(Oc4ccc(NC(=O)OCCOCCN(C)C)cc4)cc3)cc(C(F)(F)F)c(N)c2=O)c(C)c1. The second-order valence-corrected chi connectivity index (χ2v) is 11.0. The molecule has 1 amide bonds. The molecule has 1 heterocycles. The normalized spacial score (nSPS) is 11.5. The molecular weight excluding hydrogens is 601 g/mol.